The largest absolute Gasteiger partial charge is 0.497 e. The Morgan fingerprint density at radius 2 is 2.00 bits per heavy atom. The second-order valence-electron chi connectivity index (χ2n) is 6.00. The fraction of sp³-hybridized carbons (Fsp3) is 0.150. The minimum atomic E-state index is -0.296. The Balaban J connectivity index is 1.51. The summed E-state index contributed by atoms with van der Waals surface area (Å²) in [7, 11) is 1.60. The molecule has 9 heteroatoms. The van der Waals surface area contributed by atoms with Crippen LogP contribution in [0.15, 0.2) is 57.9 Å². The van der Waals surface area contributed by atoms with Crippen LogP contribution in [0.1, 0.15) is 5.56 Å². The molecular weight excluding hydrogens is 474 g/mol. The van der Waals surface area contributed by atoms with Crippen molar-refractivity contribution in [2.75, 3.05) is 25.5 Å². The van der Waals surface area contributed by atoms with E-state index in [0.29, 0.717) is 16.6 Å². The van der Waals surface area contributed by atoms with Gasteiger partial charge in [0.15, 0.2) is 5.11 Å². The molecule has 2 aromatic rings. The Kier molecular flexibility index (Phi) is 7.29. The van der Waals surface area contributed by atoms with Gasteiger partial charge in [0, 0.05) is 23.2 Å². The number of ether oxygens (including phenoxy) is 1. The van der Waals surface area contributed by atoms with Crippen LogP contribution >= 0.6 is 39.9 Å². The van der Waals surface area contributed by atoms with Gasteiger partial charge < -0.3 is 15.4 Å². The highest BCUT2D eigenvalue weighted by Gasteiger charge is 2.34. The number of rotatable bonds is 6. The molecule has 0 aliphatic carbocycles. The lowest BCUT2D eigenvalue weighted by Gasteiger charge is -2.15. The Labute approximate surface area is 186 Å². The molecule has 150 valence electrons. The van der Waals surface area contributed by atoms with Gasteiger partial charge in [-0.3, -0.25) is 14.5 Å². The highest BCUT2D eigenvalue weighted by Crippen LogP contribution is 2.32. The Morgan fingerprint density at radius 1 is 1.24 bits per heavy atom. The summed E-state index contributed by atoms with van der Waals surface area (Å²) in [5, 5.41) is 6.17. The summed E-state index contributed by atoms with van der Waals surface area (Å²) in [6.45, 7) is 0.578. The molecule has 0 saturated carbocycles. The van der Waals surface area contributed by atoms with Crippen molar-refractivity contribution in [3.63, 3.8) is 0 Å². The highest BCUT2D eigenvalue weighted by molar-refractivity contribution is 9.10. The molecule has 0 bridgehead atoms. The summed E-state index contributed by atoms with van der Waals surface area (Å²) in [6, 6.07) is 14.9. The quantitative estimate of drug-likeness (QED) is 0.455. The molecule has 1 heterocycles. The molecule has 1 fully saturated rings. The smallest absolute Gasteiger partial charge is 0.293 e. The molecule has 1 aliphatic rings. The zero-order valence-electron chi connectivity index (χ0n) is 15.5. The van der Waals surface area contributed by atoms with Gasteiger partial charge >= 0.3 is 0 Å². The summed E-state index contributed by atoms with van der Waals surface area (Å²) < 4.78 is 6.02. The van der Waals surface area contributed by atoms with Crippen molar-refractivity contribution < 1.29 is 14.3 Å². The maximum Gasteiger partial charge on any atom is 0.293 e. The third-order valence-electron chi connectivity index (χ3n) is 3.99. The number of nitrogens with zero attached hydrogens (tertiary/aromatic N) is 1. The minimum absolute atomic E-state index is 0.227. The lowest BCUT2D eigenvalue weighted by molar-refractivity contribution is -0.122. The van der Waals surface area contributed by atoms with E-state index in [2.05, 4.69) is 26.6 Å². The van der Waals surface area contributed by atoms with Crippen molar-refractivity contribution in [3.8, 4) is 5.75 Å². The Bertz CT molecular complexity index is 964. The maximum atomic E-state index is 12.5. The standard InChI is InChI=1S/C20H18BrN3O3S2/c1-27-16-7-5-15(6-8-16)23-19(28)22-9-10-24-18(25)17(29-20(24)26)12-13-3-2-4-14(21)11-13/h2-8,11-12H,9-10H2,1H3,(H2,22,23,28)/b17-12-. The molecule has 0 atom stereocenters. The first-order valence-corrected chi connectivity index (χ1v) is 10.7. The van der Waals surface area contributed by atoms with Gasteiger partial charge in [-0.2, -0.15) is 0 Å². The van der Waals surface area contributed by atoms with Crippen LogP contribution in [0.2, 0.25) is 0 Å². The Hall–Kier alpha value is -2.36. The van der Waals surface area contributed by atoms with Gasteiger partial charge in [0.25, 0.3) is 11.1 Å². The first kappa shape index (κ1) is 21.4. The first-order valence-electron chi connectivity index (χ1n) is 8.66. The summed E-state index contributed by atoms with van der Waals surface area (Å²) in [6.07, 6.45) is 1.72. The molecule has 6 nitrogen and oxygen atoms in total. The monoisotopic (exact) mass is 491 g/mol. The number of imide groups is 1. The van der Waals surface area contributed by atoms with Crippen LogP contribution in [-0.4, -0.2) is 41.4 Å². The van der Waals surface area contributed by atoms with E-state index in [1.807, 2.05) is 48.5 Å². The summed E-state index contributed by atoms with van der Waals surface area (Å²) >= 11 is 9.60. The molecule has 1 saturated heterocycles. The summed E-state index contributed by atoms with van der Waals surface area (Å²) in [5.41, 5.74) is 1.67. The van der Waals surface area contributed by atoms with E-state index in [-0.39, 0.29) is 17.7 Å². The molecule has 0 aromatic heterocycles. The van der Waals surface area contributed by atoms with E-state index in [1.165, 1.54) is 4.90 Å². The Morgan fingerprint density at radius 3 is 2.69 bits per heavy atom. The molecule has 2 N–H and O–H groups in total. The van der Waals surface area contributed by atoms with E-state index in [0.717, 1.165) is 33.2 Å². The number of halogens is 1. The molecule has 29 heavy (non-hydrogen) atoms. The summed E-state index contributed by atoms with van der Waals surface area (Å²) in [5.74, 6) is 0.459. The fourth-order valence-corrected chi connectivity index (χ4v) is 4.07. The lowest BCUT2D eigenvalue weighted by atomic mass is 10.2. The van der Waals surface area contributed by atoms with E-state index < -0.39 is 0 Å². The second-order valence-corrected chi connectivity index (χ2v) is 8.31. The van der Waals surface area contributed by atoms with Crippen LogP contribution in [0.3, 0.4) is 0 Å². The summed E-state index contributed by atoms with van der Waals surface area (Å²) in [4.78, 5) is 26.4. The number of methoxy groups -OCH3 is 1. The predicted molar refractivity (Wildman–Crippen MR) is 124 cm³/mol. The topological polar surface area (TPSA) is 70.7 Å². The molecule has 3 rings (SSSR count). The van der Waals surface area contributed by atoms with Crippen LogP contribution in [0.4, 0.5) is 10.5 Å². The van der Waals surface area contributed by atoms with Crippen molar-refractivity contribution in [1.82, 2.24) is 10.2 Å². The van der Waals surface area contributed by atoms with Crippen LogP contribution in [0, 0.1) is 0 Å². The lowest BCUT2D eigenvalue weighted by Crippen LogP contribution is -2.38. The van der Waals surface area contributed by atoms with Crippen molar-refractivity contribution in [2.45, 2.75) is 0 Å². The predicted octanol–water partition coefficient (Wildman–Crippen LogP) is 4.48. The molecule has 1 aliphatic heterocycles. The van der Waals surface area contributed by atoms with Gasteiger partial charge in [-0.15, -0.1) is 0 Å². The van der Waals surface area contributed by atoms with Crippen molar-refractivity contribution in [2.24, 2.45) is 0 Å². The first-order chi connectivity index (χ1) is 14.0. The average molecular weight is 492 g/mol. The van der Waals surface area contributed by atoms with Crippen molar-refractivity contribution in [3.05, 3.63) is 63.5 Å². The van der Waals surface area contributed by atoms with Crippen LogP contribution in [-0.2, 0) is 4.79 Å². The van der Waals surface area contributed by atoms with Crippen LogP contribution < -0.4 is 15.4 Å². The fourth-order valence-electron chi connectivity index (χ4n) is 2.57. The van der Waals surface area contributed by atoms with E-state index in [9.17, 15) is 9.59 Å². The number of carbonyl (C=O) groups excluding carboxylic acids is 2. The number of hydrogen-bond acceptors (Lipinski definition) is 5. The van der Waals surface area contributed by atoms with Gasteiger partial charge in [-0.25, -0.2) is 0 Å². The number of nitrogens with one attached hydrogen (secondary N) is 2. The number of anilines is 1. The van der Waals surface area contributed by atoms with Gasteiger partial charge in [0.05, 0.1) is 12.0 Å². The number of benzene rings is 2. The molecule has 0 spiro atoms. The molecule has 2 amide bonds. The van der Waals surface area contributed by atoms with E-state index in [1.54, 1.807) is 13.2 Å². The molecular formula is C20H18BrN3O3S2. The molecule has 0 unspecified atom stereocenters. The van der Waals surface area contributed by atoms with Gasteiger partial charge in [0.2, 0.25) is 0 Å². The third kappa shape index (κ3) is 5.81. The number of thiocarbonyl (C=S) groups is 1. The number of amides is 2. The minimum Gasteiger partial charge on any atom is -0.497 e. The van der Waals surface area contributed by atoms with E-state index in [4.69, 9.17) is 17.0 Å². The van der Waals surface area contributed by atoms with Crippen LogP contribution in [0.5, 0.6) is 5.75 Å². The van der Waals surface area contributed by atoms with Crippen LogP contribution in [0.25, 0.3) is 6.08 Å². The SMILES string of the molecule is COc1ccc(NC(=S)NCCN2C(=O)S/C(=C\c3cccc(Br)c3)C2=O)cc1. The third-order valence-corrected chi connectivity index (χ3v) is 5.64. The van der Waals surface area contributed by atoms with Gasteiger partial charge in [-0.1, -0.05) is 28.1 Å². The van der Waals surface area contributed by atoms with E-state index >= 15 is 0 Å². The zero-order valence-corrected chi connectivity index (χ0v) is 18.7. The maximum absolute atomic E-state index is 12.5. The second kappa shape index (κ2) is 9.91. The van der Waals surface area contributed by atoms with Gasteiger partial charge in [-0.05, 0) is 72.0 Å². The molecule has 0 radical (unpaired) electrons. The number of hydrogen-bond donors (Lipinski definition) is 2. The van der Waals surface area contributed by atoms with Crippen molar-refractivity contribution >= 4 is 67.9 Å². The highest BCUT2D eigenvalue weighted by atomic mass is 79.9. The number of thioether (sulfide) groups is 1. The normalized spacial score (nSPS) is 15.0. The number of carbonyl (C=O) groups is 2. The molecule has 2 aromatic carbocycles. The van der Waals surface area contributed by atoms with Crippen molar-refractivity contribution in [1.29, 1.82) is 0 Å². The average Bonchev–Trinajstić information content (AvgIpc) is 2.96. The zero-order chi connectivity index (χ0) is 20.8. The van der Waals surface area contributed by atoms with Gasteiger partial charge in [0.1, 0.15) is 5.75 Å².